The van der Waals surface area contributed by atoms with E-state index in [0.29, 0.717) is 0 Å². The van der Waals surface area contributed by atoms with Gasteiger partial charge >= 0.3 is 0 Å². The lowest BCUT2D eigenvalue weighted by Crippen LogP contribution is -1.68. The molecule has 0 atom stereocenters. The number of hydrogen-bond acceptors (Lipinski definition) is 0. The van der Waals surface area contributed by atoms with E-state index in [1.165, 1.54) is 0 Å². The summed E-state index contributed by atoms with van der Waals surface area (Å²) in [5.41, 5.74) is 2.74. The highest BCUT2D eigenvalue weighted by atomic mass is 14.8. The summed E-state index contributed by atoms with van der Waals surface area (Å²) in [6.07, 6.45) is 0. The molecule has 0 spiro atoms. The van der Waals surface area contributed by atoms with Gasteiger partial charge in [-0.2, -0.15) is 0 Å². The summed E-state index contributed by atoms with van der Waals surface area (Å²) in [7, 11) is 0. The van der Waals surface area contributed by atoms with E-state index in [1.807, 2.05) is 19.9 Å². The molecule has 0 saturated heterocycles. The normalized spacial score (nSPS) is 9.00. The molecule has 1 aromatic heterocycles. The molecule has 0 aliphatic rings. The van der Waals surface area contributed by atoms with Crippen LogP contribution in [0.1, 0.15) is 11.4 Å². The number of H-pyrrole nitrogens is 1. The van der Waals surface area contributed by atoms with Crippen LogP contribution < -0.4 is 0 Å². The van der Waals surface area contributed by atoms with Crippen LogP contribution in [0.4, 0.5) is 5.69 Å². The third-order valence-electron chi connectivity index (χ3n) is 1.24. The van der Waals surface area contributed by atoms with Crippen molar-refractivity contribution >= 4 is 5.69 Å². The smallest absolute Gasteiger partial charge is 0.207 e. The Labute approximate surface area is 54.3 Å². The van der Waals surface area contributed by atoms with Gasteiger partial charge in [0.05, 0.1) is 6.57 Å². The lowest BCUT2D eigenvalue weighted by molar-refractivity contribution is 1.19. The fourth-order valence-electron chi connectivity index (χ4n) is 0.825. The summed E-state index contributed by atoms with van der Waals surface area (Å²) in [6.45, 7) is 10.6. The molecule has 1 rings (SSSR count). The van der Waals surface area contributed by atoms with E-state index in [0.717, 1.165) is 17.1 Å². The second-order valence-electron chi connectivity index (χ2n) is 2.07. The van der Waals surface area contributed by atoms with Crippen molar-refractivity contribution in [2.24, 2.45) is 0 Å². The lowest BCUT2D eigenvalue weighted by atomic mass is 10.4. The standard InChI is InChI=1S/C7H8N2/c1-5-4-7(8-3)6(2)9-5/h4,9H,1-2H3. The molecule has 0 aliphatic carbocycles. The predicted molar refractivity (Wildman–Crippen MR) is 36.5 cm³/mol. The fraction of sp³-hybridized carbons (Fsp3) is 0.286. The van der Waals surface area contributed by atoms with Crippen molar-refractivity contribution in [3.05, 3.63) is 28.9 Å². The zero-order valence-electron chi connectivity index (χ0n) is 5.52. The van der Waals surface area contributed by atoms with Gasteiger partial charge in [0, 0.05) is 11.4 Å². The van der Waals surface area contributed by atoms with Crippen LogP contribution in [0.15, 0.2) is 6.07 Å². The second kappa shape index (κ2) is 1.94. The molecule has 0 amide bonds. The van der Waals surface area contributed by atoms with Gasteiger partial charge < -0.3 is 4.98 Å². The Hall–Kier alpha value is -1.23. The maximum atomic E-state index is 6.70. The molecule has 1 aromatic rings. The summed E-state index contributed by atoms with van der Waals surface area (Å²) in [6, 6.07) is 1.85. The average Bonchev–Trinajstić information content (AvgIpc) is 2.10. The van der Waals surface area contributed by atoms with E-state index < -0.39 is 0 Å². The van der Waals surface area contributed by atoms with Gasteiger partial charge in [-0.3, -0.25) is 0 Å². The highest BCUT2D eigenvalue weighted by Crippen LogP contribution is 2.17. The molecule has 2 heteroatoms. The quantitative estimate of drug-likeness (QED) is 0.506. The number of nitrogens with one attached hydrogen (secondary N) is 1. The van der Waals surface area contributed by atoms with E-state index >= 15 is 0 Å². The number of rotatable bonds is 0. The van der Waals surface area contributed by atoms with Gasteiger partial charge in [-0.1, -0.05) is 0 Å². The molecule has 0 saturated carbocycles. The van der Waals surface area contributed by atoms with Gasteiger partial charge in [0.1, 0.15) is 0 Å². The number of aryl methyl sites for hydroxylation is 2. The molecule has 0 aromatic carbocycles. The van der Waals surface area contributed by atoms with Gasteiger partial charge in [-0.15, -0.1) is 0 Å². The van der Waals surface area contributed by atoms with Crippen molar-refractivity contribution in [2.75, 3.05) is 0 Å². The molecule has 0 unspecified atom stereocenters. The van der Waals surface area contributed by atoms with E-state index in [-0.39, 0.29) is 0 Å². The van der Waals surface area contributed by atoms with Gasteiger partial charge in [-0.05, 0) is 19.9 Å². The minimum atomic E-state index is 0.729. The number of aromatic amines is 1. The lowest BCUT2D eigenvalue weighted by Gasteiger charge is -1.81. The Kier molecular flexibility index (Phi) is 1.27. The molecule has 2 nitrogen and oxygen atoms in total. The minimum absolute atomic E-state index is 0.729. The average molecular weight is 120 g/mol. The van der Waals surface area contributed by atoms with E-state index in [9.17, 15) is 0 Å². The van der Waals surface area contributed by atoms with E-state index in [2.05, 4.69) is 9.83 Å². The first-order valence-electron chi connectivity index (χ1n) is 2.77. The minimum Gasteiger partial charge on any atom is -0.373 e. The van der Waals surface area contributed by atoms with Gasteiger partial charge in [0.15, 0.2) is 0 Å². The highest BCUT2D eigenvalue weighted by Gasteiger charge is 1.97. The van der Waals surface area contributed by atoms with Crippen molar-refractivity contribution in [3.8, 4) is 0 Å². The topological polar surface area (TPSA) is 20.1 Å². The molecule has 0 bridgehead atoms. The monoisotopic (exact) mass is 120 g/mol. The van der Waals surface area contributed by atoms with Crippen LogP contribution >= 0.6 is 0 Å². The van der Waals surface area contributed by atoms with Crippen LogP contribution in [-0.2, 0) is 0 Å². The fourth-order valence-corrected chi connectivity index (χ4v) is 0.825. The van der Waals surface area contributed by atoms with Crippen LogP contribution in [0.2, 0.25) is 0 Å². The first-order valence-corrected chi connectivity index (χ1v) is 2.77. The highest BCUT2D eigenvalue weighted by molar-refractivity contribution is 5.50. The van der Waals surface area contributed by atoms with Gasteiger partial charge in [-0.25, -0.2) is 4.85 Å². The largest absolute Gasteiger partial charge is 0.373 e. The van der Waals surface area contributed by atoms with E-state index in [1.54, 1.807) is 0 Å². The van der Waals surface area contributed by atoms with Gasteiger partial charge in [0.2, 0.25) is 5.69 Å². The molecule has 1 heterocycles. The zero-order chi connectivity index (χ0) is 6.85. The third-order valence-corrected chi connectivity index (χ3v) is 1.24. The number of aromatic nitrogens is 1. The van der Waals surface area contributed by atoms with Crippen LogP contribution in [0.25, 0.3) is 4.85 Å². The van der Waals surface area contributed by atoms with Crippen LogP contribution in [0, 0.1) is 20.4 Å². The predicted octanol–water partition coefficient (Wildman–Crippen LogP) is 2.18. The van der Waals surface area contributed by atoms with Crippen LogP contribution in [0.5, 0.6) is 0 Å². The molecule has 9 heavy (non-hydrogen) atoms. The maximum Gasteiger partial charge on any atom is 0.207 e. The molecule has 0 radical (unpaired) electrons. The summed E-state index contributed by atoms with van der Waals surface area (Å²) in [4.78, 5) is 6.35. The van der Waals surface area contributed by atoms with Crippen molar-refractivity contribution in [1.82, 2.24) is 4.98 Å². The Morgan fingerprint density at radius 1 is 1.56 bits per heavy atom. The summed E-state index contributed by atoms with van der Waals surface area (Å²) < 4.78 is 0. The Morgan fingerprint density at radius 2 is 2.22 bits per heavy atom. The molecule has 0 aliphatic heterocycles. The first kappa shape index (κ1) is 5.90. The third kappa shape index (κ3) is 0.945. The van der Waals surface area contributed by atoms with Crippen LogP contribution in [0.3, 0.4) is 0 Å². The van der Waals surface area contributed by atoms with Crippen molar-refractivity contribution in [1.29, 1.82) is 0 Å². The molecular formula is C7H8N2. The first-order chi connectivity index (χ1) is 4.24. The van der Waals surface area contributed by atoms with Crippen molar-refractivity contribution < 1.29 is 0 Å². The molecule has 1 N–H and O–H groups in total. The number of hydrogen-bond donors (Lipinski definition) is 1. The van der Waals surface area contributed by atoms with Crippen molar-refractivity contribution in [3.63, 3.8) is 0 Å². The maximum absolute atomic E-state index is 6.70. The van der Waals surface area contributed by atoms with Gasteiger partial charge in [0.25, 0.3) is 0 Å². The number of nitrogens with zero attached hydrogens (tertiary/aromatic N) is 1. The molecule has 0 fully saturated rings. The Balaban J connectivity index is 3.20. The zero-order valence-corrected chi connectivity index (χ0v) is 5.52. The Bertz CT molecular complexity index is 252. The van der Waals surface area contributed by atoms with E-state index in [4.69, 9.17) is 6.57 Å². The second-order valence-corrected chi connectivity index (χ2v) is 2.07. The summed E-state index contributed by atoms with van der Waals surface area (Å²) in [5.74, 6) is 0. The summed E-state index contributed by atoms with van der Waals surface area (Å²) in [5, 5.41) is 0. The summed E-state index contributed by atoms with van der Waals surface area (Å²) >= 11 is 0. The van der Waals surface area contributed by atoms with Crippen LogP contribution in [-0.4, -0.2) is 4.98 Å². The SMILES string of the molecule is [C-]#[N+]c1cc(C)[nH]c1C. The van der Waals surface area contributed by atoms with Crippen molar-refractivity contribution in [2.45, 2.75) is 13.8 Å². The Morgan fingerprint density at radius 3 is 2.44 bits per heavy atom. The molecule has 46 valence electrons. The molecular weight excluding hydrogens is 112 g/mol.